The zero-order valence-corrected chi connectivity index (χ0v) is 13.3. The summed E-state index contributed by atoms with van der Waals surface area (Å²) in [6, 6.07) is 2.99. The Hall–Kier alpha value is -1.18. The molecule has 0 spiro atoms. The molecule has 0 saturated carbocycles. The second-order valence-corrected chi connectivity index (χ2v) is 7.13. The quantitative estimate of drug-likeness (QED) is 0.843. The largest absolute Gasteiger partial charge is 0.356 e. The summed E-state index contributed by atoms with van der Waals surface area (Å²) in [5.41, 5.74) is 0. The van der Waals surface area contributed by atoms with Gasteiger partial charge in [0.05, 0.1) is 0 Å². The first-order chi connectivity index (χ1) is 9.96. The van der Waals surface area contributed by atoms with Crippen LogP contribution < -0.4 is 5.32 Å². The van der Waals surface area contributed by atoms with Crippen LogP contribution in [0.25, 0.3) is 0 Å². The van der Waals surface area contributed by atoms with Gasteiger partial charge < -0.3 is 5.32 Å². The van der Waals surface area contributed by atoms with Crippen molar-refractivity contribution in [1.29, 1.82) is 0 Å². The fourth-order valence-electron chi connectivity index (χ4n) is 2.38. The number of pyridine rings is 1. The Morgan fingerprint density at radius 1 is 1.48 bits per heavy atom. The average Bonchev–Trinajstić information content (AvgIpc) is 2.48. The molecule has 1 saturated heterocycles. The Morgan fingerprint density at radius 2 is 2.14 bits per heavy atom. The lowest BCUT2D eigenvalue weighted by Crippen LogP contribution is -2.43. The summed E-state index contributed by atoms with van der Waals surface area (Å²) >= 11 is 5.87. The van der Waals surface area contributed by atoms with Gasteiger partial charge in [-0.1, -0.05) is 11.6 Å². The Kier molecular flexibility index (Phi) is 5.18. The highest BCUT2D eigenvalue weighted by Gasteiger charge is 2.33. The highest BCUT2D eigenvalue weighted by Crippen LogP contribution is 2.26. The van der Waals surface area contributed by atoms with Crippen molar-refractivity contribution in [3.8, 4) is 0 Å². The minimum absolute atomic E-state index is 0.00559. The maximum Gasteiger partial charge on any atom is 0.246 e. The molecule has 8 heteroatoms. The smallest absolute Gasteiger partial charge is 0.246 e. The van der Waals surface area contributed by atoms with Gasteiger partial charge >= 0.3 is 0 Å². The molecule has 0 bridgehead atoms. The van der Waals surface area contributed by atoms with Crippen LogP contribution in [0.1, 0.15) is 19.8 Å². The number of nitrogens with one attached hydrogen (secondary N) is 1. The summed E-state index contributed by atoms with van der Waals surface area (Å²) in [7, 11) is -3.65. The number of amides is 1. The lowest BCUT2D eigenvalue weighted by Gasteiger charge is -2.30. The number of hydrogen-bond donors (Lipinski definition) is 1. The van der Waals surface area contributed by atoms with Crippen LogP contribution in [0.2, 0.25) is 5.15 Å². The van der Waals surface area contributed by atoms with Gasteiger partial charge in [-0.3, -0.25) is 4.79 Å². The second-order valence-electron chi connectivity index (χ2n) is 4.87. The molecule has 0 aromatic carbocycles. The lowest BCUT2D eigenvalue weighted by molar-refractivity contribution is -0.126. The number of sulfonamides is 1. The highest BCUT2D eigenvalue weighted by atomic mass is 35.5. The van der Waals surface area contributed by atoms with Crippen molar-refractivity contribution in [2.75, 3.05) is 19.6 Å². The molecule has 1 aromatic rings. The normalized spacial score (nSPS) is 17.6. The molecule has 21 heavy (non-hydrogen) atoms. The third-order valence-electron chi connectivity index (χ3n) is 3.52. The van der Waals surface area contributed by atoms with E-state index in [4.69, 9.17) is 11.6 Å². The summed E-state index contributed by atoms with van der Waals surface area (Å²) in [5, 5.41) is 2.75. The second kappa shape index (κ2) is 6.72. The van der Waals surface area contributed by atoms with E-state index in [2.05, 4.69) is 10.3 Å². The molecule has 6 nitrogen and oxygen atoms in total. The van der Waals surface area contributed by atoms with Crippen molar-refractivity contribution in [3.05, 3.63) is 23.5 Å². The number of piperidine rings is 1. The van der Waals surface area contributed by atoms with Gasteiger partial charge in [0.1, 0.15) is 10.0 Å². The molecule has 1 N–H and O–H groups in total. The van der Waals surface area contributed by atoms with Crippen LogP contribution >= 0.6 is 11.6 Å². The Balaban J connectivity index is 2.08. The van der Waals surface area contributed by atoms with Gasteiger partial charge in [0, 0.05) is 31.7 Å². The van der Waals surface area contributed by atoms with E-state index in [-0.39, 0.29) is 21.9 Å². The van der Waals surface area contributed by atoms with Gasteiger partial charge in [0.2, 0.25) is 15.9 Å². The minimum Gasteiger partial charge on any atom is -0.356 e. The molecule has 1 amide bonds. The van der Waals surface area contributed by atoms with Crippen LogP contribution in [0, 0.1) is 5.92 Å². The zero-order valence-electron chi connectivity index (χ0n) is 11.8. The molecule has 1 aromatic heterocycles. The molecule has 0 aliphatic carbocycles. The Bertz CT molecular complexity index is 613. The van der Waals surface area contributed by atoms with Crippen LogP contribution in [0.3, 0.4) is 0 Å². The van der Waals surface area contributed by atoms with Crippen molar-refractivity contribution < 1.29 is 13.2 Å². The summed E-state index contributed by atoms with van der Waals surface area (Å²) in [5.74, 6) is -0.130. The summed E-state index contributed by atoms with van der Waals surface area (Å²) in [6.45, 7) is 3.08. The van der Waals surface area contributed by atoms with Crippen molar-refractivity contribution in [1.82, 2.24) is 14.6 Å². The first-order valence-corrected chi connectivity index (χ1v) is 8.67. The summed E-state index contributed by atoms with van der Waals surface area (Å²) in [4.78, 5) is 15.6. The van der Waals surface area contributed by atoms with Crippen molar-refractivity contribution >= 4 is 27.5 Å². The minimum atomic E-state index is -3.65. The van der Waals surface area contributed by atoms with Crippen molar-refractivity contribution in [2.45, 2.75) is 24.7 Å². The number of carbonyl (C=O) groups is 1. The topological polar surface area (TPSA) is 79.4 Å². The monoisotopic (exact) mass is 331 g/mol. The van der Waals surface area contributed by atoms with Crippen LogP contribution in [-0.2, 0) is 14.8 Å². The average molecular weight is 332 g/mol. The number of nitrogens with zero attached hydrogens (tertiary/aromatic N) is 2. The predicted molar refractivity (Wildman–Crippen MR) is 79.4 cm³/mol. The first kappa shape index (κ1) is 16.2. The van der Waals surface area contributed by atoms with E-state index in [1.807, 2.05) is 6.92 Å². The maximum absolute atomic E-state index is 12.5. The Labute approximate surface area is 129 Å². The van der Waals surface area contributed by atoms with E-state index >= 15 is 0 Å². The van der Waals surface area contributed by atoms with E-state index in [0.717, 1.165) is 0 Å². The number of aromatic nitrogens is 1. The fraction of sp³-hybridized carbons (Fsp3) is 0.538. The summed E-state index contributed by atoms with van der Waals surface area (Å²) in [6.07, 6.45) is 2.48. The van der Waals surface area contributed by atoms with Crippen LogP contribution in [-0.4, -0.2) is 43.2 Å². The predicted octanol–water partition coefficient (Wildman–Crippen LogP) is 1.27. The third-order valence-corrected chi connectivity index (χ3v) is 5.86. The van der Waals surface area contributed by atoms with Gasteiger partial charge in [-0.25, -0.2) is 13.4 Å². The van der Waals surface area contributed by atoms with Crippen molar-refractivity contribution in [2.24, 2.45) is 5.92 Å². The van der Waals surface area contributed by atoms with E-state index in [1.165, 1.54) is 16.6 Å². The number of halogens is 1. The van der Waals surface area contributed by atoms with Gasteiger partial charge in [-0.15, -0.1) is 0 Å². The number of rotatable bonds is 4. The van der Waals surface area contributed by atoms with E-state index in [9.17, 15) is 13.2 Å². The van der Waals surface area contributed by atoms with Crippen LogP contribution in [0.5, 0.6) is 0 Å². The number of hydrogen-bond acceptors (Lipinski definition) is 4. The molecule has 0 unspecified atom stereocenters. The fourth-order valence-corrected chi connectivity index (χ4v) is 4.28. The first-order valence-electron chi connectivity index (χ1n) is 6.85. The lowest BCUT2D eigenvalue weighted by atomic mass is 9.97. The van der Waals surface area contributed by atoms with Gasteiger partial charge in [-0.05, 0) is 31.9 Å². The van der Waals surface area contributed by atoms with Gasteiger partial charge in [-0.2, -0.15) is 4.31 Å². The van der Waals surface area contributed by atoms with E-state index in [1.54, 1.807) is 6.07 Å². The van der Waals surface area contributed by atoms with Crippen LogP contribution in [0.4, 0.5) is 0 Å². The molecule has 2 heterocycles. The Morgan fingerprint density at radius 3 is 2.71 bits per heavy atom. The molecule has 0 atom stereocenters. The van der Waals surface area contributed by atoms with Gasteiger partial charge in [0.25, 0.3) is 0 Å². The molecule has 1 aliphatic rings. The molecular formula is C13H18ClN3O3S. The summed E-state index contributed by atoms with van der Waals surface area (Å²) < 4.78 is 26.4. The molecule has 1 aliphatic heterocycles. The highest BCUT2D eigenvalue weighted by molar-refractivity contribution is 7.89. The third kappa shape index (κ3) is 3.53. The molecule has 0 radical (unpaired) electrons. The number of carbonyl (C=O) groups excluding carboxylic acids is 1. The zero-order chi connectivity index (χ0) is 15.5. The van der Waals surface area contributed by atoms with Crippen LogP contribution in [0.15, 0.2) is 23.2 Å². The SMILES string of the molecule is CCNC(=O)C1CCN(S(=O)(=O)c2cccnc2Cl)CC1. The molecule has 2 rings (SSSR count). The van der Waals surface area contributed by atoms with E-state index < -0.39 is 10.0 Å². The molecule has 116 valence electrons. The van der Waals surface area contributed by atoms with Crippen molar-refractivity contribution in [3.63, 3.8) is 0 Å². The van der Waals surface area contributed by atoms with Gasteiger partial charge in [0.15, 0.2) is 0 Å². The maximum atomic E-state index is 12.5. The van der Waals surface area contributed by atoms with E-state index in [0.29, 0.717) is 32.5 Å². The molecular weight excluding hydrogens is 314 g/mol. The molecule has 1 fully saturated rings. The standard InChI is InChI=1S/C13H18ClN3O3S/c1-2-15-13(18)10-5-8-17(9-6-10)21(19,20)11-4-3-7-16-12(11)14/h3-4,7,10H,2,5-6,8-9H2,1H3,(H,15,18).